The van der Waals surface area contributed by atoms with Crippen LogP contribution in [0.4, 0.5) is 5.69 Å². The third-order valence-electron chi connectivity index (χ3n) is 6.21. The lowest BCUT2D eigenvalue weighted by Gasteiger charge is -2.38. The SMILES string of the molecule is CCC(=O)N[C@H](C)c1nc(C(=O)N2CCC3(CC2)C(=O)N(C)c2ccccc23)co1. The second kappa shape index (κ2) is 7.59. The molecule has 8 heteroatoms. The molecule has 8 nitrogen and oxygen atoms in total. The van der Waals surface area contributed by atoms with Crippen LogP contribution in [-0.2, 0) is 15.0 Å². The summed E-state index contributed by atoms with van der Waals surface area (Å²) in [6.07, 6.45) is 2.85. The zero-order chi connectivity index (χ0) is 21.5. The van der Waals surface area contributed by atoms with Gasteiger partial charge in [0.25, 0.3) is 5.91 Å². The van der Waals surface area contributed by atoms with Gasteiger partial charge in [0.05, 0.1) is 5.41 Å². The van der Waals surface area contributed by atoms with E-state index in [1.54, 1.807) is 23.6 Å². The van der Waals surface area contributed by atoms with Crippen LogP contribution in [0, 0.1) is 0 Å². The highest BCUT2D eigenvalue weighted by Gasteiger charge is 2.51. The molecule has 1 aromatic heterocycles. The van der Waals surface area contributed by atoms with E-state index in [-0.39, 0.29) is 23.4 Å². The molecule has 1 aromatic carbocycles. The van der Waals surface area contributed by atoms with Gasteiger partial charge in [0.1, 0.15) is 12.3 Å². The number of para-hydroxylation sites is 1. The molecule has 1 atom stereocenters. The molecule has 1 N–H and O–H groups in total. The van der Waals surface area contributed by atoms with Gasteiger partial charge in [0.15, 0.2) is 5.69 Å². The number of nitrogens with one attached hydrogen (secondary N) is 1. The fraction of sp³-hybridized carbons (Fsp3) is 0.455. The first-order valence-corrected chi connectivity index (χ1v) is 10.3. The minimum Gasteiger partial charge on any atom is -0.446 e. The lowest BCUT2D eigenvalue weighted by atomic mass is 9.73. The van der Waals surface area contributed by atoms with Crippen LogP contribution >= 0.6 is 0 Å². The minimum absolute atomic E-state index is 0.0972. The smallest absolute Gasteiger partial charge is 0.275 e. The molecule has 158 valence electrons. The molecule has 0 radical (unpaired) electrons. The number of piperidine rings is 1. The van der Waals surface area contributed by atoms with Crippen LogP contribution in [0.2, 0.25) is 0 Å². The molecule has 2 aliphatic heterocycles. The van der Waals surface area contributed by atoms with Gasteiger partial charge in [-0.3, -0.25) is 14.4 Å². The third-order valence-corrected chi connectivity index (χ3v) is 6.21. The van der Waals surface area contributed by atoms with Gasteiger partial charge in [-0.2, -0.15) is 0 Å². The molecule has 2 aliphatic rings. The van der Waals surface area contributed by atoms with Crippen LogP contribution in [0.15, 0.2) is 34.9 Å². The summed E-state index contributed by atoms with van der Waals surface area (Å²) in [4.78, 5) is 45.2. The number of likely N-dealkylation sites (tertiary alicyclic amines) is 1. The number of hydrogen-bond acceptors (Lipinski definition) is 5. The molecule has 4 rings (SSSR count). The summed E-state index contributed by atoms with van der Waals surface area (Å²) >= 11 is 0. The second-order valence-electron chi connectivity index (χ2n) is 7.97. The summed E-state index contributed by atoms with van der Waals surface area (Å²) in [7, 11) is 1.81. The van der Waals surface area contributed by atoms with Crippen molar-refractivity contribution in [3.05, 3.63) is 47.7 Å². The van der Waals surface area contributed by atoms with Gasteiger partial charge in [-0.1, -0.05) is 25.1 Å². The molecule has 1 fully saturated rings. The maximum Gasteiger partial charge on any atom is 0.275 e. The average molecular weight is 410 g/mol. The van der Waals surface area contributed by atoms with Crippen molar-refractivity contribution in [2.45, 2.75) is 44.6 Å². The summed E-state index contributed by atoms with van der Waals surface area (Å²) in [5, 5.41) is 2.77. The Morgan fingerprint density at radius 3 is 2.67 bits per heavy atom. The lowest BCUT2D eigenvalue weighted by molar-refractivity contribution is -0.124. The first-order valence-electron chi connectivity index (χ1n) is 10.3. The topological polar surface area (TPSA) is 95.8 Å². The molecule has 1 saturated heterocycles. The molecule has 0 unspecified atom stereocenters. The Morgan fingerprint density at radius 2 is 1.97 bits per heavy atom. The molecular weight excluding hydrogens is 384 g/mol. The molecule has 0 aliphatic carbocycles. The van der Waals surface area contributed by atoms with Crippen molar-refractivity contribution in [1.29, 1.82) is 0 Å². The number of carbonyl (C=O) groups excluding carboxylic acids is 3. The van der Waals surface area contributed by atoms with Gasteiger partial charge in [0.2, 0.25) is 17.7 Å². The first kappa shape index (κ1) is 20.1. The number of carbonyl (C=O) groups is 3. The number of nitrogens with zero attached hydrogens (tertiary/aromatic N) is 3. The largest absolute Gasteiger partial charge is 0.446 e. The van der Waals surface area contributed by atoms with Crippen LogP contribution in [0.3, 0.4) is 0 Å². The van der Waals surface area contributed by atoms with Gasteiger partial charge in [-0.05, 0) is 31.4 Å². The predicted molar refractivity (Wildman–Crippen MR) is 110 cm³/mol. The van der Waals surface area contributed by atoms with E-state index in [4.69, 9.17) is 4.42 Å². The highest BCUT2D eigenvalue weighted by atomic mass is 16.3. The summed E-state index contributed by atoms with van der Waals surface area (Å²) in [6, 6.07) is 7.47. The Labute approximate surface area is 175 Å². The van der Waals surface area contributed by atoms with Gasteiger partial charge in [-0.15, -0.1) is 0 Å². The lowest BCUT2D eigenvalue weighted by Crippen LogP contribution is -2.49. The van der Waals surface area contributed by atoms with Crippen molar-refractivity contribution < 1.29 is 18.8 Å². The van der Waals surface area contributed by atoms with Crippen molar-refractivity contribution in [3.8, 4) is 0 Å². The maximum absolute atomic E-state index is 13.0. The van der Waals surface area contributed by atoms with Gasteiger partial charge < -0.3 is 19.5 Å². The summed E-state index contributed by atoms with van der Waals surface area (Å²) < 4.78 is 5.42. The Morgan fingerprint density at radius 1 is 1.27 bits per heavy atom. The number of fused-ring (bicyclic) bond motifs is 2. The van der Waals surface area contributed by atoms with E-state index in [9.17, 15) is 14.4 Å². The van der Waals surface area contributed by atoms with E-state index in [0.717, 1.165) is 11.3 Å². The van der Waals surface area contributed by atoms with Crippen LogP contribution in [0.5, 0.6) is 0 Å². The number of likely N-dealkylation sites (N-methyl/N-ethyl adjacent to an activating group) is 1. The third kappa shape index (κ3) is 3.16. The van der Waals surface area contributed by atoms with E-state index in [1.807, 2.05) is 31.3 Å². The maximum atomic E-state index is 13.0. The van der Waals surface area contributed by atoms with E-state index >= 15 is 0 Å². The first-order chi connectivity index (χ1) is 14.4. The second-order valence-corrected chi connectivity index (χ2v) is 7.97. The quantitative estimate of drug-likeness (QED) is 0.835. The molecule has 2 aromatic rings. The van der Waals surface area contributed by atoms with E-state index in [0.29, 0.717) is 38.2 Å². The van der Waals surface area contributed by atoms with Crippen molar-refractivity contribution >= 4 is 23.4 Å². The average Bonchev–Trinajstić information content (AvgIpc) is 3.34. The number of rotatable bonds is 4. The van der Waals surface area contributed by atoms with E-state index in [1.165, 1.54) is 6.26 Å². The zero-order valence-electron chi connectivity index (χ0n) is 17.5. The number of anilines is 1. The molecular formula is C22H26N4O4. The zero-order valence-corrected chi connectivity index (χ0v) is 17.5. The molecule has 1 spiro atoms. The number of amides is 3. The van der Waals surface area contributed by atoms with Crippen molar-refractivity contribution in [2.24, 2.45) is 0 Å². The molecule has 0 bridgehead atoms. The summed E-state index contributed by atoms with van der Waals surface area (Å²) in [5.74, 6) is 0.0671. The highest BCUT2D eigenvalue weighted by Crippen LogP contribution is 2.47. The van der Waals surface area contributed by atoms with Gasteiger partial charge in [-0.25, -0.2) is 4.98 Å². The van der Waals surface area contributed by atoms with Crippen LogP contribution < -0.4 is 10.2 Å². The van der Waals surface area contributed by atoms with Crippen molar-refractivity contribution in [3.63, 3.8) is 0 Å². The monoisotopic (exact) mass is 410 g/mol. The molecule has 0 saturated carbocycles. The highest BCUT2D eigenvalue weighted by molar-refractivity contribution is 6.08. The van der Waals surface area contributed by atoms with Gasteiger partial charge >= 0.3 is 0 Å². The number of hydrogen-bond donors (Lipinski definition) is 1. The van der Waals surface area contributed by atoms with Crippen LogP contribution in [0.1, 0.15) is 61.1 Å². The Hall–Kier alpha value is -3.16. The minimum atomic E-state index is -0.559. The number of benzene rings is 1. The molecule has 3 amide bonds. The normalized spacial score (nSPS) is 18.4. The molecule has 30 heavy (non-hydrogen) atoms. The Balaban J connectivity index is 1.46. The summed E-state index contributed by atoms with van der Waals surface area (Å²) in [6.45, 7) is 4.47. The fourth-order valence-corrected chi connectivity index (χ4v) is 4.44. The van der Waals surface area contributed by atoms with E-state index < -0.39 is 11.5 Å². The fourth-order valence-electron chi connectivity index (χ4n) is 4.44. The number of oxazole rings is 1. The van der Waals surface area contributed by atoms with Gasteiger partial charge in [0, 0.05) is 32.2 Å². The van der Waals surface area contributed by atoms with Crippen molar-refractivity contribution in [2.75, 3.05) is 25.0 Å². The Kier molecular flexibility index (Phi) is 5.09. The standard InChI is InChI=1S/C22H26N4O4/c1-4-18(27)23-14(2)19-24-16(13-30-19)20(28)26-11-9-22(10-12-26)15-7-5-6-8-17(15)25(3)21(22)29/h5-8,13-14H,4,9-12H2,1-3H3,(H,23,27)/t14-/m1/s1. The Bertz CT molecular complexity index is 991. The number of aromatic nitrogens is 1. The van der Waals surface area contributed by atoms with Crippen LogP contribution in [-0.4, -0.2) is 47.7 Å². The van der Waals surface area contributed by atoms with Crippen LogP contribution in [0.25, 0.3) is 0 Å². The summed E-state index contributed by atoms with van der Waals surface area (Å²) in [5.41, 5.74) is 1.66. The predicted octanol–water partition coefficient (Wildman–Crippen LogP) is 2.41. The molecule has 3 heterocycles. The van der Waals surface area contributed by atoms with E-state index in [2.05, 4.69) is 10.3 Å². The van der Waals surface area contributed by atoms with Crippen molar-refractivity contribution in [1.82, 2.24) is 15.2 Å².